The zero-order valence-corrected chi connectivity index (χ0v) is 10.5. The third kappa shape index (κ3) is 5.22. The Morgan fingerprint density at radius 2 is 1.74 bits per heavy atom. The van der Waals surface area contributed by atoms with Gasteiger partial charge in [-0.15, -0.1) is 12.4 Å². The van der Waals surface area contributed by atoms with E-state index in [1.165, 1.54) is 12.1 Å². The number of aliphatic hydroxyl groups excluding tert-OH is 1. The summed E-state index contributed by atoms with van der Waals surface area (Å²) in [6.07, 6.45) is -8.10. The molecule has 0 aliphatic rings. The summed E-state index contributed by atoms with van der Waals surface area (Å²) in [6.45, 7) is -0.108. The van der Waals surface area contributed by atoms with E-state index in [2.05, 4.69) is 4.74 Å². The predicted molar refractivity (Wildman–Crippen MR) is 63.9 cm³/mol. The molecule has 0 unspecified atom stereocenters. The Balaban J connectivity index is 0.00000324. The van der Waals surface area contributed by atoms with E-state index in [9.17, 15) is 17.6 Å². The lowest BCUT2D eigenvalue weighted by molar-refractivity contribution is -0.253. The van der Waals surface area contributed by atoms with Crippen molar-refractivity contribution in [3.05, 3.63) is 29.8 Å². The van der Waals surface area contributed by atoms with Gasteiger partial charge in [-0.05, 0) is 24.1 Å². The van der Waals surface area contributed by atoms with Gasteiger partial charge in [0.05, 0.1) is 0 Å². The molecule has 110 valence electrons. The number of hydrogen-bond acceptors (Lipinski definition) is 3. The van der Waals surface area contributed by atoms with Gasteiger partial charge < -0.3 is 15.6 Å². The molecule has 1 aromatic carbocycles. The maximum absolute atomic E-state index is 12.6. The molecule has 0 aliphatic heterocycles. The molecule has 0 aromatic heterocycles. The molecular formula is C11H14ClF4NO2. The number of rotatable bonds is 6. The fraction of sp³-hybridized carbons (Fsp3) is 0.455. The number of ether oxygens (including phenoxy) is 1. The molecule has 8 heteroatoms. The van der Waals surface area contributed by atoms with Crippen molar-refractivity contribution in [1.82, 2.24) is 0 Å². The topological polar surface area (TPSA) is 55.5 Å². The van der Waals surface area contributed by atoms with E-state index in [1.54, 1.807) is 0 Å². The molecule has 0 spiro atoms. The van der Waals surface area contributed by atoms with Crippen molar-refractivity contribution in [1.29, 1.82) is 0 Å². The second-order valence-electron chi connectivity index (χ2n) is 3.65. The zero-order valence-electron chi connectivity index (χ0n) is 9.73. The number of hydrogen-bond donors (Lipinski definition) is 2. The average molecular weight is 304 g/mol. The first kappa shape index (κ1) is 17.9. The Hall–Kier alpha value is -1.05. The van der Waals surface area contributed by atoms with Crippen LogP contribution in [0.2, 0.25) is 0 Å². The normalized spacial score (nSPS) is 13.0. The predicted octanol–water partition coefficient (Wildman–Crippen LogP) is 2.73. The molecular weight excluding hydrogens is 290 g/mol. The van der Waals surface area contributed by atoms with Crippen LogP contribution in [0, 0.1) is 0 Å². The molecule has 0 aliphatic carbocycles. The van der Waals surface area contributed by atoms with Gasteiger partial charge in [0.15, 0.2) is 0 Å². The molecule has 0 fully saturated rings. The quantitative estimate of drug-likeness (QED) is 0.795. The maximum atomic E-state index is 12.6. The lowest BCUT2D eigenvalue weighted by Crippen LogP contribution is -2.33. The number of nitrogens with two attached hydrogens (primary N) is 1. The highest BCUT2D eigenvalue weighted by Crippen LogP contribution is 2.28. The Labute approximate surface area is 113 Å². The van der Waals surface area contributed by atoms with Crippen LogP contribution in [0.5, 0.6) is 5.75 Å². The molecule has 1 aromatic rings. The molecule has 0 saturated carbocycles. The van der Waals surface area contributed by atoms with Gasteiger partial charge in [0.2, 0.25) is 0 Å². The highest BCUT2D eigenvalue weighted by atomic mass is 35.5. The van der Waals surface area contributed by atoms with Gasteiger partial charge in [-0.25, -0.2) is 0 Å². The number of alkyl halides is 4. The molecule has 19 heavy (non-hydrogen) atoms. The van der Waals surface area contributed by atoms with Crippen molar-refractivity contribution in [2.75, 3.05) is 6.61 Å². The van der Waals surface area contributed by atoms with E-state index in [0.717, 1.165) is 12.1 Å². The van der Waals surface area contributed by atoms with Crippen LogP contribution in [0.4, 0.5) is 17.6 Å². The standard InChI is InChI=1S/C11H13F4NO2.ClH/c12-10(13)11(14,15)18-8-3-1-7(2-4-8)9(16)5-6-17;/h1-4,9-10,17H,5-6,16H2;1H/t9-;/m1./s1. The average Bonchev–Trinajstić information content (AvgIpc) is 2.29. The van der Waals surface area contributed by atoms with Gasteiger partial charge in [0.25, 0.3) is 0 Å². The summed E-state index contributed by atoms with van der Waals surface area (Å²) in [5.41, 5.74) is 6.26. The second kappa shape index (κ2) is 7.52. The van der Waals surface area contributed by atoms with Crippen molar-refractivity contribution in [3.8, 4) is 5.75 Å². The molecule has 3 nitrogen and oxygen atoms in total. The molecule has 0 bridgehead atoms. The van der Waals surface area contributed by atoms with Crippen LogP contribution >= 0.6 is 12.4 Å². The van der Waals surface area contributed by atoms with E-state index in [-0.39, 0.29) is 24.8 Å². The highest BCUT2D eigenvalue weighted by Gasteiger charge is 2.43. The SMILES string of the molecule is Cl.N[C@H](CCO)c1ccc(OC(F)(F)C(F)F)cc1. The van der Waals surface area contributed by atoms with Crippen molar-refractivity contribution in [2.45, 2.75) is 25.0 Å². The third-order valence-corrected chi connectivity index (χ3v) is 2.26. The largest absolute Gasteiger partial charge is 0.461 e. The Kier molecular flexibility index (Phi) is 7.10. The number of aliphatic hydroxyl groups is 1. The van der Waals surface area contributed by atoms with Crippen molar-refractivity contribution in [3.63, 3.8) is 0 Å². The maximum Gasteiger partial charge on any atom is 0.461 e. The van der Waals surface area contributed by atoms with E-state index in [1.807, 2.05) is 0 Å². The van der Waals surface area contributed by atoms with Gasteiger partial charge in [-0.2, -0.15) is 17.6 Å². The summed E-state index contributed by atoms with van der Waals surface area (Å²) in [5, 5.41) is 8.68. The monoisotopic (exact) mass is 303 g/mol. The third-order valence-electron chi connectivity index (χ3n) is 2.26. The van der Waals surface area contributed by atoms with Gasteiger partial charge in [-0.1, -0.05) is 12.1 Å². The fourth-order valence-corrected chi connectivity index (χ4v) is 1.29. The second-order valence-corrected chi connectivity index (χ2v) is 3.65. The summed E-state index contributed by atoms with van der Waals surface area (Å²) < 4.78 is 52.8. The summed E-state index contributed by atoms with van der Waals surface area (Å²) in [4.78, 5) is 0. The minimum Gasteiger partial charge on any atom is -0.428 e. The van der Waals surface area contributed by atoms with Gasteiger partial charge in [-0.3, -0.25) is 0 Å². The first-order valence-corrected chi connectivity index (χ1v) is 5.18. The Morgan fingerprint density at radius 3 is 2.16 bits per heavy atom. The lowest BCUT2D eigenvalue weighted by Gasteiger charge is -2.17. The fourth-order valence-electron chi connectivity index (χ4n) is 1.29. The van der Waals surface area contributed by atoms with Gasteiger partial charge >= 0.3 is 12.5 Å². The van der Waals surface area contributed by atoms with Crippen molar-refractivity contribution >= 4 is 12.4 Å². The van der Waals surface area contributed by atoms with Crippen LogP contribution in [0.1, 0.15) is 18.0 Å². The molecule has 3 N–H and O–H groups in total. The van der Waals surface area contributed by atoms with Crippen LogP contribution in [0.3, 0.4) is 0 Å². The van der Waals surface area contributed by atoms with E-state index >= 15 is 0 Å². The van der Waals surface area contributed by atoms with Crippen LogP contribution < -0.4 is 10.5 Å². The summed E-state index contributed by atoms with van der Waals surface area (Å²) in [6, 6.07) is 4.58. The van der Waals surface area contributed by atoms with Crippen LogP contribution in [0.25, 0.3) is 0 Å². The van der Waals surface area contributed by atoms with E-state index in [0.29, 0.717) is 12.0 Å². The Bertz CT molecular complexity index is 375. The van der Waals surface area contributed by atoms with Crippen LogP contribution in [-0.4, -0.2) is 24.2 Å². The number of halogens is 5. The van der Waals surface area contributed by atoms with Gasteiger partial charge in [0, 0.05) is 12.6 Å². The molecule has 0 heterocycles. The molecule has 1 rings (SSSR count). The van der Waals surface area contributed by atoms with Crippen molar-refractivity contribution < 1.29 is 27.4 Å². The first-order chi connectivity index (χ1) is 8.36. The molecule has 0 saturated heterocycles. The Morgan fingerprint density at radius 1 is 1.21 bits per heavy atom. The summed E-state index contributed by atoms with van der Waals surface area (Å²) >= 11 is 0. The van der Waals surface area contributed by atoms with Crippen LogP contribution in [-0.2, 0) is 0 Å². The minimum atomic E-state index is -4.52. The van der Waals surface area contributed by atoms with Gasteiger partial charge in [0.1, 0.15) is 5.75 Å². The highest BCUT2D eigenvalue weighted by molar-refractivity contribution is 5.85. The van der Waals surface area contributed by atoms with E-state index in [4.69, 9.17) is 10.8 Å². The number of benzene rings is 1. The molecule has 1 atom stereocenters. The summed E-state index contributed by atoms with van der Waals surface area (Å²) in [7, 11) is 0. The zero-order chi connectivity index (χ0) is 13.8. The molecule has 0 amide bonds. The van der Waals surface area contributed by atoms with Crippen molar-refractivity contribution in [2.24, 2.45) is 5.73 Å². The van der Waals surface area contributed by atoms with E-state index < -0.39 is 18.6 Å². The lowest BCUT2D eigenvalue weighted by atomic mass is 10.1. The smallest absolute Gasteiger partial charge is 0.428 e. The molecule has 0 radical (unpaired) electrons. The minimum absolute atomic E-state index is 0. The summed E-state index contributed by atoms with van der Waals surface area (Å²) in [5.74, 6) is -0.375. The first-order valence-electron chi connectivity index (χ1n) is 5.18. The van der Waals surface area contributed by atoms with Crippen LogP contribution in [0.15, 0.2) is 24.3 Å².